The summed E-state index contributed by atoms with van der Waals surface area (Å²) in [6, 6.07) is 0.497. The van der Waals surface area contributed by atoms with E-state index in [9.17, 15) is 0 Å². The maximum absolute atomic E-state index is 5.98. The van der Waals surface area contributed by atoms with E-state index < -0.39 is 0 Å². The van der Waals surface area contributed by atoms with Gasteiger partial charge in [0.1, 0.15) is 0 Å². The van der Waals surface area contributed by atoms with Gasteiger partial charge in [-0.05, 0) is 71.3 Å². The minimum absolute atomic E-state index is 0.361. The zero-order chi connectivity index (χ0) is 11.8. The van der Waals surface area contributed by atoms with Gasteiger partial charge >= 0.3 is 0 Å². The fraction of sp³-hybridized carbons (Fsp3) is 1.00. The molecule has 0 aromatic rings. The van der Waals surface area contributed by atoms with Gasteiger partial charge in [-0.1, -0.05) is 0 Å². The van der Waals surface area contributed by atoms with Crippen LogP contribution in [0.3, 0.4) is 0 Å². The first-order chi connectivity index (χ1) is 7.47. The van der Waals surface area contributed by atoms with Crippen molar-refractivity contribution in [2.75, 3.05) is 13.1 Å². The molecule has 2 aliphatic rings. The summed E-state index contributed by atoms with van der Waals surface area (Å²) in [5.41, 5.74) is 6.34. The van der Waals surface area contributed by atoms with Crippen LogP contribution in [0.4, 0.5) is 0 Å². The molecule has 0 radical (unpaired) electrons. The van der Waals surface area contributed by atoms with E-state index in [-0.39, 0.29) is 0 Å². The van der Waals surface area contributed by atoms with Crippen LogP contribution in [0.25, 0.3) is 0 Å². The molecule has 0 spiro atoms. The quantitative estimate of drug-likeness (QED) is 0.742. The molecule has 1 aliphatic carbocycles. The van der Waals surface area contributed by atoms with Crippen LogP contribution >= 0.6 is 0 Å². The molecule has 2 N–H and O–H groups in total. The molecular weight excluding hydrogens is 196 g/mol. The Morgan fingerprint density at radius 3 is 2.06 bits per heavy atom. The molecule has 2 heteroatoms. The number of likely N-dealkylation sites (tertiary alicyclic amines) is 1. The Kier molecular flexibility index (Phi) is 3.60. The van der Waals surface area contributed by atoms with E-state index in [4.69, 9.17) is 5.73 Å². The maximum atomic E-state index is 5.98. The van der Waals surface area contributed by atoms with Crippen molar-refractivity contribution >= 4 is 0 Å². The predicted molar refractivity (Wildman–Crippen MR) is 69.4 cm³/mol. The SMILES string of the molecule is CC(C)(C)N1CCC(C2CCC(N)CC2)C1. The average molecular weight is 224 g/mol. The molecule has 1 saturated carbocycles. The average Bonchev–Trinajstić information content (AvgIpc) is 2.67. The van der Waals surface area contributed by atoms with E-state index in [0.717, 1.165) is 11.8 Å². The smallest absolute Gasteiger partial charge is 0.0125 e. The molecule has 0 aromatic heterocycles. The lowest BCUT2D eigenvalue weighted by atomic mass is 9.78. The minimum atomic E-state index is 0.361. The van der Waals surface area contributed by atoms with Crippen LogP contribution < -0.4 is 5.73 Å². The van der Waals surface area contributed by atoms with Gasteiger partial charge in [0, 0.05) is 18.1 Å². The predicted octanol–water partition coefficient (Wildman–Crippen LogP) is 2.62. The highest BCUT2D eigenvalue weighted by Crippen LogP contribution is 2.36. The van der Waals surface area contributed by atoms with Gasteiger partial charge in [-0.2, -0.15) is 0 Å². The van der Waals surface area contributed by atoms with E-state index >= 15 is 0 Å². The highest BCUT2D eigenvalue weighted by molar-refractivity contribution is 4.89. The molecule has 2 fully saturated rings. The van der Waals surface area contributed by atoms with Crippen molar-refractivity contribution in [3.63, 3.8) is 0 Å². The van der Waals surface area contributed by atoms with Crippen molar-refractivity contribution in [2.45, 2.75) is 64.5 Å². The van der Waals surface area contributed by atoms with E-state index in [1.54, 1.807) is 0 Å². The summed E-state index contributed by atoms with van der Waals surface area (Å²) in [5.74, 6) is 1.92. The van der Waals surface area contributed by atoms with Gasteiger partial charge in [0.05, 0.1) is 0 Å². The van der Waals surface area contributed by atoms with Crippen LogP contribution in [0.1, 0.15) is 52.9 Å². The standard InChI is InChI=1S/C14H28N2/c1-14(2,3)16-9-8-12(10-16)11-4-6-13(15)7-5-11/h11-13H,4-10,15H2,1-3H3. The molecule has 1 unspecified atom stereocenters. The summed E-state index contributed by atoms with van der Waals surface area (Å²) in [6.45, 7) is 9.64. The number of hydrogen-bond donors (Lipinski definition) is 1. The summed E-state index contributed by atoms with van der Waals surface area (Å²) in [5, 5.41) is 0. The molecular formula is C14H28N2. The number of rotatable bonds is 1. The maximum Gasteiger partial charge on any atom is 0.0125 e. The Labute approximate surface area is 101 Å². The molecule has 1 aliphatic heterocycles. The molecule has 2 nitrogen and oxygen atoms in total. The van der Waals surface area contributed by atoms with E-state index in [1.165, 1.54) is 45.2 Å². The van der Waals surface area contributed by atoms with Crippen molar-refractivity contribution in [1.29, 1.82) is 0 Å². The molecule has 0 amide bonds. The first-order valence-electron chi connectivity index (χ1n) is 6.97. The first-order valence-corrected chi connectivity index (χ1v) is 6.97. The van der Waals surface area contributed by atoms with Gasteiger partial charge in [-0.3, -0.25) is 4.90 Å². The van der Waals surface area contributed by atoms with Gasteiger partial charge in [-0.15, -0.1) is 0 Å². The second kappa shape index (κ2) is 4.66. The van der Waals surface area contributed by atoms with Crippen LogP contribution in [0.5, 0.6) is 0 Å². The zero-order valence-electron chi connectivity index (χ0n) is 11.2. The van der Waals surface area contributed by atoms with Gasteiger partial charge in [0.25, 0.3) is 0 Å². The summed E-state index contributed by atoms with van der Waals surface area (Å²) < 4.78 is 0. The molecule has 1 atom stereocenters. The summed E-state index contributed by atoms with van der Waals surface area (Å²) in [4.78, 5) is 2.66. The van der Waals surface area contributed by atoms with Crippen molar-refractivity contribution in [2.24, 2.45) is 17.6 Å². The highest BCUT2D eigenvalue weighted by atomic mass is 15.2. The Balaban J connectivity index is 1.84. The van der Waals surface area contributed by atoms with Crippen LogP contribution in [0.2, 0.25) is 0 Å². The molecule has 1 saturated heterocycles. The fourth-order valence-electron chi connectivity index (χ4n) is 3.40. The van der Waals surface area contributed by atoms with Gasteiger partial charge in [-0.25, -0.2) is 0 Å². The lowest BCUT2D eigenvalue weighted by molar-refractivity contribution is 0.152. The molecule has 2 rings (SSSR count). The van der Waals surface area contributed by atoms with Crippen LogP contribution in [-0.2, 0) is 0 Å². The lowest BCUT2D eigenvalue weighted by Gasteiger charge is -2.34. The molecule has 94 valence electrons. The van der Waals surface area contributed by atoms with Crippen molar-refractivity contribution < 1.29 is 0 Å². The third-order valence-corrected chi connectivity index (χ3v) is 4.66. The molecule has 16 heavy (non-hydrogen) atoms. The largest absolute Gasteiger partial charge is 0.328 e. The Morgan fingerprint density at radius 2 is 1.56 bits per heavy atom. The number of hydrogen-bond acceptors (Lipinski definition) is 2. The molecule has 0 bridgehead atoms. The Morgan fingerprint density at radius 1 is 0.938 bits per heavy atom. The third kappa shape index (κ3) is 2.78. The lowest BCUT2D eigenvalue weighted by Crippen LogP contribution is -2.40. The minimum Gasteiger partial charge on any atom is -0.328 e. The normalized spacial score (nSPS) is 37.9. The molecule has 1 heterocycles. The van der Waals surface area contributed by atoms with Crippen LogP contribution in [0.15, 0.2) is 0 Å². The van der Waals surface area contributed by atoms with E-state index in [2.05, 4.69) is 25.7 Å². The highest BCUT2D eigenvalue weighted by Gasteiger charge is 2.35. The van der Waals surface area contributed by atoms with Crippen molar-refractivity contribution in [3.05, 3.63) is 0 Å². The first kappa shape index (κ1) is 12.4. The second-order valence-electron chi connectivity index (χ2n) is 6.84. The summed E-state index contributed by atoms with van der Waals surface area (Å²) >= 11 is 0. The zero-order valence-corrected chi connectivity index (χ0v) is 11.2. The number of nitrogens with two attached hydrogens (primary N) is 1. The Bertz CT molecular complexity index is 223. The Hall–Kier alpha value is -0.0800. The fourth-order valence-corrected chi connectivity index (χ4v) is 3.40. The monoisotopic (exact) mass is 224 g/mol. The molecule has 0 aromatic carbocycles. The second-order valence-corrected chi connectivity index (χ2v) is 6.84. The van der Waals surface area contributed by atoms with E-state index in [1.807, 2.05) is 0 Å². The van der Waals surface area contributed by atoms with Crippen LogP contribution in [0, 0.1) is 11.8 Å². The van der Waals surface area contributed by atoms with Gasteiger partial charge in [0.2, 0.25) is 0 Å². The number of nitrogens with zero attached hydrogens (tertiary/aromatic N) is 1. The summed E-state index contributed by atoms with van der Waals surface area (Å²) in [6.07, 6.45) is 6.69. The summed E-state index contributed by atoms with van der Waals surface area (Å²) in [7, 11) is 0. The van der Waals surface area contributed by atoms with Gasteiger partial charge in [0.15, 0.2) is 0 Å². The third-order valence-electron chi connectivity index (χ3n) is 4.66. The van der Waals surface area contributed by atoms with Crippen LogP contribution in [-0.4, -0.2) is 29.6 Å². The van der Waals surface area contributed by atoms with E-state index in [0.29, 0.717) is 11.6 Å². The topological polar surface area (TPSA) is 29.3 Å². The van der Waals surface area contributed by atoms with Gasteiger partial charge < -0.3 is 5.73 Å². The van der Waals surface area contributed by atoms with Crippen molar-refractivity contribution in [1.82, 2.24) is 4.90 Å². The van der Waals surface area contributed by atoms with Crippen molar-refractivity contribution in [3.8, 4) is 0 Å².